The molecule has 0 fully saturated rings. The number of nitrogens with zero attached hydrogens (tertiary/aromatic N) is 5. The lowest BCUT2D eigenvalue weighted by molar-refractivity contribution is 0.391. The van der Waals surface area contributed by atoms with Crippen LogP contribution in [0.15, 0.2) is 87.8 Å². The molecular formula is C29H24BrN5O5S2. The van der Waals surface area contributed by atoms with Gasteiger partial charge in [-0.15, -0.1) is 11.3 Å². The molecule has 0 saturated carbocycles. The van der Waals surface area contributed by atoms with Crippen LogP contribution in [0.3, 0.4) is 0 Å². The van der Waals surface area contributed by atoms with E-state index in [2.05, 4.69) is 32.1 Å². The SMILES string of the molecule is COc1ccc(CN(c2nccs2)S(=O)(=O)c2ccc(Oc3ccc(Br)cc3-c3ccnn3C)c(C#N)c2)c(OC)c1. The van der Waals surface area contributed by atoms with E-state index in [1.807, 2.05) is 25.2 Å². The minimum absolute atomic E-state index is 0.0519. The molecule has 2 heterocycles. The average Bonchev–Trinajstić information content (AvgIpc) is 3.68. The molecule has 3 aromatic carbocycles. The summed E-state index contributed by atoms with van der Waals surface area (Å²) in [6.45, 7) is -0.0594. The maximum Gasteiger partial charge on any atom is 0.266 e. The van der Waals surface area contributed by atoms with Gasteiger partial charge in [0.05, 0.1) is 36.9 Å². The normalized spacial score (nSPS) is 11.1. The summed E-state index contributed by atoms with van der Waals surface area (Å²) < 4.78 is 48.8. The zero-order valence-corrected chi connectivity index (χ0v) is 25.9. The van der Waals surface area contributed by atoms with Crippen LogP contribution in [0.5, 0.6) is 23.0 Å². The van der Waals surface area contributed by atoms with Crippen molar-refractivity contribution in [2.45, 2.75) is 11.4 Å². The van der Waals surface area contributed by atoms with Gasteiger partial charge in [0.2, 0.25) is 0 Å². The van der Waals surface area contributed by atoms with Crippen molar-refractivity contribution in [3.05, 3.63) is 94.0 Å². The molecule has 5 aromatic rings. The molecule has 0 atom stereocenters. The number of sulfonamides is 1. The van der Waals surface area contributed by atoms with Gasteiger partial charge in [0.15, 0.2) is 5.13 Å². The largest absolute Gasteiger partial charge is 0.497 e. The van der Waals surface area contributed by atoms with Crippen LogP contribution in [-0.4, -0.2) is 37.4 Å². The van der Waals surface area contributed by atoms with Crippen molar-refractivity contribution >= 4 is 42.4 Å². The Balaban J connectivity index is 1.52. The Morgan fingerprint density at radius 3 is 2.48 bits per heavy atom. The Morgan fingerprint density at radius 1 is 1.00 bits per heavy atom. The molecule has 214 valence electrons. The molecule has 10 nitrogen and oxygen atoms in total. The van der Waals surface area contributed by atoms with Crippen LogP contribution < -0.4 is 18.5 Å². The van der Waals surface area contributed by atoms with Crippen LogP contribution in [0.1, 0.15) is 11.1 Å². The van der Waals surface area contributed by atoms with Crippen LogP contribution in [-0.2, 0) is 23.6 Å². The van der Waals surface area contributed by atoms with Gasteiger partial charge < -0.3 is 14.2 Å². The van der Waals surface area contributed by atoms with Gasteiger partial charge in [-0.25, -0.2) is 17.7 Å². The Bertz CT molecular complexity index is 1880. The van der Waals surface area contributed by atoms with E-state index in [-0.39, 0.29) is 27.9 Å². The van der Waals surface area contributed by atoms with Crippen molar-refractivity contribution in [2.24, 2.45) is 7.05 Å². The fraction of sp³-hybridized carbons (Fsp3) is 0.138. The van der Waals surface area contributed by atoms with Crippen molar-refractivity contribution in [3.63, 3.8) is 0 Å². The molecule has 0 aliphatic carbocycles. The summed E-state index contributed by atoms with van der Waals surface area (Å²) >= 11 is 4.67. The lowest BCUT2D eigenvalue weighted by atomic mass is 10.1. The highest BCUT2D eigenvalue weighted by Gasteiger charge is 2.29. The zero-order valence-electron chi connectivity index (χ0n) is 22.7. The molecule has 0 saturated heterocycles. The Kier molecular flexibility index (Phi) is 8.49. The van der Waals surface area contributed by atoms with Crippen molar-refractivity contribution in [2.75, 3.05) is 18.5 Å². The van der Waals surface area contributed by atoms with Gasteiger partial charge in [-0.3, -0.25) is 4.68 Å². The summed E-state index contributed by atoms with van der Waals surface area (Å²) in [5.74, 6) is 1.72. The quantitative estimate of drug-likeness (QED) is 0.168. The molecule has 0 aliphatic heterocycles. The van der Waals surface area contributed by atoms with Crippen LogP contribution in [0.4, 0.5) is 5.13 Å². The lowest BCUT2D eigenvalue weighted by Crippen LogP contribution is -2.30. The Hall–Kier alpha value is -4.38. The van der Waals surface area contributed by atoms with Crippen molar-refractivity contribution < 1.29 is 22.6 Å². The first kappa shape index (κ1) is 29.1. The molecule has 0 radical (unpaired) electrons. The van der Waals surface area contributed by atoms with E-state index < -0.39 is 10.0 Å². The van der Waals surface area contributed by atoms with Gasteiger partial charge >= 0.3 is 0 Å². The third kappa shape index (κ3) is 5.82. The lowest BCUT2D eigenvalue weighted by Gasteiger charge is -2.23. The number of halogens is 1. The fourth-order valence-electron chi connectivity index (χ4n) is 4.25. The summed E-state index contributed by atoms with van der Waals surface area (Å²) in [6.07, 6.45) is 3.21. The smallest absolute Gasteiger partial charge is 0.266 e. The summed E-state index contributed by atoms with van der Waals surface area (Å²) in [7, 11) is 0.688. The first-order valence-corrected chi connectivity index (χ1v) is 15.5. The number of aryl methyl sites for hydroxylation is 1. The Morgan fingerprint density at radius 2 is 1.81 bits per heavy atom. The number of nitriles is 1. The predicted molar refractivity (Wildman–Crippen MR) is 163 cm³/mol. The minimum Gasteiger partial charge on any atom is -0.497 e. The average molecular weight is 667 g/mol. The molecule has 0 spiro atoms. The van der Waals surface area contributed by atoms with Crippen molar-refractivity contribution in [1.82, 2.24) is 14.8 Å². The standard InChI is InChI=1S/C29H24BrN5O5S2/c1-34-25(10-11-33-34)24-15-21(30)5-8-27(24)40-26-9-7-23(14-20(26)17-31)42(36,37)35(29-32-12-13-41-29)18-19-4-6-22(38-2)16-28(19)39-3/h4-16H,18H2,1-3H3. The molecule has 0 bridgehead atoms. The number of aromatic nitrogens is 3. The second-order valence-corrected chi connectivity index (χ2v) is 12.5. The molecule has 0 amide bonds. The van der Waals surface area contributed by atoms with E-state index in [1.165, 1.54) is 54.3 Å². The van der Waals surface area contributed by atoms with Crippen LogP contribution in [0.25, 0.3) is 11.3 Å². The number of rotatable bonds is 10. The molecule has 42 heavy (non-hydrogen) atoms. The van der Waals surface area contributed by atoms with Gasteiger partial charge in [-0.05, 0) is 54.6 Å². The summed E-state index contributed by atoms with van der Waals surface area (Å²) in [4.78, 5) is 4.17. The number of anilines is 1. The highest BCUT2D eigenvalue weighted by molar-refractivity contribution is 9.10. The van der Waals surface area contributed by atoms with E-state index in [9.17, 15) is 13.7 Å². The van der Waals surface area contributed by atoms with E-state index in [4.69, 9.17) is 14.2 Å². The second kappa shape index (κ2) is 12.2. The minimum atomic E-state index is -4.17. The zero-order chi connectivity index (χ0) is 29.9. The number of benzene rings is 3. The predicted octanol–water partition coefficient (Wildman–Crippen LogP) is 6.38. The Labute approximate surface area is 255 Å². The maximum atomic E-state index is 14.0. The van der Waals surface area contributed by atoms with E-state index in [0.29, 0.717) is 22.8 Å². The molecule has 13 heteroatoms. The summed E-state index contributed by atoms with van der Waals surface area (Å²) in [6, 6.07) is 18.8. The summed E-state index contributed by atoms with van der Waals surface area (Å²) in [5.41, 5.74) is 2.21. The van der Waals surface area contributed by atoms with Crippen molar-refractivity contribution in [3.8, 4) is 40.3 Å². The molecule has 2 aromatic heterocycles. The molecule has 5 rings (SSSR count). The van der Waals surface area contributed by atoms with Crippen LogP contribution >= 0.6 is 27.3 Å². The number of hydrogen-bond donors (Lipinski definition) is 0. The second-order valence-electron chi connectivity index (χ2n) is 8.86. The van der Waals surface area contributed by atoms with Gasteiger partial charge in [0.1, 0.15) is 29.1 Å². The maximum absolute atomic E-state index is 14.0. The van der Waals surface area contributed by atoms with E-state index >= 15 is 0 Å². The highest BCUT2D eigenvalue weighted by Crippen LogP contribution is 2.38. The van der Waals surface area contributed by atoms with E-state index in [1.54, 1.807) is 40.5 Å². The fourth-order valence-corrected chi connectivity index (χ4v) is 6.91. The van der Waals surface area contributed by atoms with Crippen LogP contribution in [0, 0.1) is 11.3 Å². The first-order chi connectivity index (χ1) is 20.2. The molecular weight excluding hydrogens is 642 g/mol. The number of hydrogen-bond acceptors (Lipinski definition) is 9. The summed E-state index contributed by atoms with van der Waals surface area (Å²) in [5, 5.41) is 16.2. The highest BCUT2D eigenvalue weighted by atomic mass is 79.9. The van der Waals surface area contributed by atoms with Gasteiger partial charge in [0.25, 0.3) is 10.0 Å². The van der Waals surface area contributed by atoms with Gasteiger partial charge in [0, 0.05) is 46.5 Å². The van der Waals surface area contributed by atoms with Gasteiger partial charge in [-0.1, -0.05) is 15.9 Å². The monoisotopic (exact) mass is 665 g/mol. The number of thiazole rings is 1. The number of methoxy groups -OCH3 is 2. The first-order valence-electron chi connectivity index (χ1n) is 12.4. The third-order valence-corrected chi connectivity index (χ3v) is 9.49. The topological polar surface area (TPSA) is 120 Å². The number of ether oxygens (including phenoxy) is 3. The van der Waals surface area contributed by atoms with Crippen LogP contribution in [0.2, 0.25) is 0 Å². The van der Waals surface area contributed by atoms with Crippen molar-refractivity contribution in [1.29, 1.82) is 5.26 Å². The van der Waals surface area contributed by atoms with E-state index in [0.717, 1.165) is 15.7 Å². The molecule has 0 aliphatic rings. The van der Waals surface area contributed by atoms with Gasteiger partial charge in [-0.2, -0.15) is 10.4 Å². The third-order valence-electron chi connectivity index (χ3n) is 6.36. The molecule has 0 unspecified atom stereocenters. The molecule has 0 N–H and O–H groups in total.